The molecule has 1 amide bonds. The molecule has 1 heterocycles. The smallest absolute Gasteiger partial charge is 0.265 e. The van der Waals surface area contributed by atoms with Crippen LogP contribution in [0.1, 0.15) is 15.2 Å². The van der Waals surface area contributed by atoms with E-state index < -0.39 is 0 Å². The van der Waals surface area contributed by atoms with Crippen molar-refractivity contribution >= 4 is 44.8 Å². The van der Waals surface area contributed by atoms with E-state index >= 15 is 0 Å². The first-order chi connectivity index (χ1) is 9.22. The van der Waals surface area contributed by atoms with Gasteiger partial charge in [0.25, 0.3) is 5.91 Å². The van der Waals surface area contributed by atoms with Gasteiger partial charge in [0.1, 0.15) is 4.88 Å². The van der Waals surface area contributed by atoms with E-state index in [4.69, 9.17) is 11.6 Å². The quantitative estimate of drug-likeness (QED) is 0.724. The third-order valence-corrected chi connectivity index (χ3v) is 4.35. The Morgan fingerprint density at radius 2 is 2.00 bits per heavy atom. The topological polar surface area (TPSA) is 20.3 Å². The first kappa shape index (κ1) is 14.6. The maximum absolute atomic E-state index is 12.5. The minimum absolute atomic E-state index is 0.0108. The van der Waals surface area contributed by atoms with E-state index in [0.29, 0.717) is 23.0 Å². The van der Waals surface area contributed by atoms with Crippen molar-refractivity contribution in [1.29, 1.82) is 0 Å². The summed E-state index contributed by atoms with van der Waals surface area (Å²) in [5, 5.41) is 3.11. The summed E-state index contributed by atoms with van der Waals surface area (Å²) < 4.78 is 0. The van der Waals surface area contributed by atoms with E-state index in [1.807, 2.05) is 40.6 Å². The van der Waals surface area contributed by atoms with Gasteiger partial charge < -0.3 is 4.90 Å². The monoisotopic (exact) mass is 357 g/mol. The third-order valence-electron chi connectivity index (χ3n) is 2.67. The molecule has 0 unspecified atom stereocenters. The van der Waals surface area contributed by atoms with E-state index in [0.717, 1.165) is 10.9 Å². The van der Waals surface area contributed by atoms with Crippen molar-refractivity contribution < 1.29 is 4.79 Å². The SMILES string of the molecule is O=C(c1sccc1Cl)N(CCBr)Cc1ccccc1. The van der Waals surface area contributed by atoms with Gasteiger partial charge in [0.15, 0.2) is 0 Å². The van der Waals surface area contributed by atoms with Crippen molar-refractivity contribution in [3.8, 4) is 0 Å². The summed E-state index contributed by atoms with van der Waals surface area (Å²) in [7, 11) is 0. The molecule has 100 valence electrons. The average Bonchev–Trinajstić information content (AvgIpc) is 2.85. The molecule has 1 aromatic heterocycles. The molecule has 1 aromatic carbocycles. The lowest BCUT2D eigenvalue weighted by atomic mass is 10.2. The number of carbonyl (C=O) groups is 1. The molecule has 19 heavy (non-hydrogen) atoms. The lowest BCUT2D eigenvalue weighted by molar-refractivity contribution is 0.0760. The molecule has 0 aliphatic rings. The highest BCUT2D eigenvalue weighted by atomic mass is 79.9. The number of carbonyl (C=O) groups excluding carboxylic acids is 1. The molecule has 0 saturated carbocycles. The maximum Gasteiger partial charge on any atom is 0.265 e. The Morgan fingerprint density at radius 1 is 1.26 bits per heavy atom. The summed E-state index contributed by atoms with van der Waals surface area (Å²) in [4.78, 5) is 14.9. The Morgan fingerprint density at radius 3 is 2.58 bits per heavy atom. The molecule has 0 saturated heterocycles. The van der Waals surface area contributed by atoms with Crippen LogP contribution in [0, 0.1) is 0 Å². The second-order valence-electron chi connectivity index (χ2n) is 4.00. The minimum Gasteiger partial charge on any atom is -0.333 e. The van der Waals surface area contributed by atoms with E-state index in [9.17, 15) is 4.79 Å². The summed E-state index contributed by atoms with van der Waals surface area (Å²) in [5.41, 5.74) is 1.12. The fourth-order valence-electron chi connectivity index (χ4n) is 1.75. The molecule has 0 radical (unpaired) electrons. The standard InChI is InChI=1S/C14H13BrClNOS/c15-7-8-17(10-11-4-2-1-3-5-11)14(18)13-12(16)6-9-19-13/h1-6,9H,7-8,10H2. The zero-order valence-corrected chi connectivity index (χ0v) is 13.3. The van der Waals surface area contributed by atoms with E-state index in [2.05, 4.69) is 15.9 Å². The Labute approximate surface area is 130 Å². The Bertz CT molecular complexity index is 543. The number of amides is 1. The summed E-state index contributed by atoms with van der Waals surface area (Å²) in [6.45, 7) is 1.25. The number of hydrogen-bond donors (Lipinski definition) is 0. The minimum atomic E-state index is -0.0108. The van der Waals surface area contributed by atoms with Crippen molar-refractivity contribution in [2.24, 2.45) is 0 Å². The van der Waals surface area contributed by atoms with E-state index in [-0.39, 0.29) is 5.91 Å². The number of thiophene rings is 1. The predicted molar refractivity (Wildman–Crippen MR) is 84.3 cm³/mol. The highest BCUT2D eigenvalue weighted by Gasteiger charge is 2.19. The van der Waals surface area contributed by atoms with Crippen LogP contribution in [0.15, 0.2) is 41.8 Å². The Kier molecular flexibility index (Phi) is 5.43. The van der Waals surface area contributed by atoms with Crippen molar-refractivity contribution in [3.05, 3.63) is 57.2 Å². The van der Waals surface area contributed by atoms with E-state index in [1.54, 1.807) is 6.07 Å². The molecule has 0 fully saturated rings. The molecule has 2 aromatic rings. The average molecular weight is 359 g/mol. The highest BCUT2D eigenvalue weighted by Crippen LogP contribution is 2.24. The number of hydrogen-bond acceptors (Lipinski definition) is 2. The van der Waals surface area contributed by atoms with Gasteiger partial charge in [-0.3, -0.25) is 4.79 Å². The van der Waals surface area contributed by atoms with Gasteiger partial charge in [0, 0.05) is 18.4 Å². The van der Waals surface area contributed by atoms with Crippen molar-refractivity contribution in [2.45, 2.75) is 6.54 Å². The maximum atomic E-state index is 12.5. The molecule has 2 nitrogen and oxygen atoms in total. The molecule has 0 aliphatic heterocycles. The molecule has 0 atom stereocenters. The van der Waals surface area contributed by atoms with Crippen molar-refractivity contribution in [3.63, 3.8) is 0 Å². The molecule has 2 rings (SSSR count). The molecule has 0 spiro atoms. The lowest BCUT2D eigenvalue weighted by Gasteiger charge is -2.21. The van der Waals surface area contributed by atoms with Crippen LogP contribution in [-0.2, 0) is 6.54 Å². The summed E-state index contributed by atoms with van der Waals surface area (Å²) in [5.74, 6) is -0.0108. The molecular formula is C14H13BrClNOS. The lowest BCUT2D eigenvalue weighted by Crippen LogP contribution is -2.31. The molecule has 0 aliphatic carbocycles. The van der Waals surface area contributed by atoms with E-state index in [1.165, 1.54) is 11.3 Å². The largest absolute Gasteiger partial charge is 0.333 e. The summed E-state index contributed by atoms with van der Waals surface area (Å²) >= 11 is 10.8. The number of nitrogens with zero attached hydrogens (tertiary/aromatic N) is 1. The van der Waals surface area contributed by atoms with Gasteiger partial charge in [0.05, 0.1) is 5.02 Å². The van der Waals surface area contributed by atoms with Crippen molar-refractivity contribution in [2.75, 3.05) is 11.9 Å². The number of rotatable bonds is 5. The van der Waals surface area contributed by atoms with Gasteiger partial charge in [-0.1, -0.05) is 57.9 Å². The van der Waals surface area contributed by atoms with Gasteiger partial charge in [-0.15, -0.1) is 11.3 Å². The van der Waals surface area contributed by atoms with Crippen LogP contribution >= 0.6 is 38.9 Å². The first-order valence-electron chi connectivity index (χ1n) is 5.84. The van der Waals surface area contributed by atoms with Crippen LogP contribution in [0.4, 0.5) is 0 Å². The van der Waals surface area contributed by atoms with Crippen LogP contribution in [0.2, 0.25) is 5.02 Å². The zero-order valence-electron chi connectivity index (χ0n) is 10.2. The van der Waals surface area contributed by atoms with Gasteiger partial charge in [-0.2, -0.15) is 0 Å². The fourth-order valence-corrected chi connectivity index (χ4v) is 3.28. The zero-order chi connectivity index (χ0) is 13.7. The fraction of sp³-hybridized carbons (Fsp3) is 0.214. The Hall–Kier alpha value is -0.840. The normalized spacial score (nSPS) is 10.4. The summed E-state index contributed by atoms with van der Waals surface area (Å²) in [6, 6.07) is 11.7. The number of halogens is 2. The van der Waals surface area contributed by atoms with Gasteiger partial charge >= 0.3 is 0 Å². The highest BCUT2D eigenvalue weighted by molar-refractivity contribution is 9.09. The van der Waals surface area contributed by atoms with Crippen LogP contribution < -0.4 is 0 Å². The van der Waals surface area contributed by atoms with Crippen molar-refractivity contribution in [1.82, 2.24) is 4.90 Å². The van der Waals surface area contributed by atoms with Crippen LogP contribution in [0.5, 0.6) is 0 Å². The molecular weight excluding hydrogens is 346 g/mol. The van der Waals surface area contributed by atoms with Crippen LogP contribution in [-0.4, -0.2) is 22.7 Å². The van der Waals surface area contributed by atoms with Crippen LogP contribution in [0.3, 0.4) is 0 Å². The second-order valence-corrected chi connectivity index (χ2v) is 6.12. The predicted octanol–water partition coefficient (Wildman–Crippen LogP) is 4.44. The van der Waals surface area contributed by atoms with Crippen LogP contribution in [0.25, 0.3) is 0 Å². The number of benzene rings is 1. The molecule has 0 N–H and O–H groups in total. The second kappa shape index (κ2) is 7.08. The first-order valence-corrected chi connectivity index (χ1v) is 8.22. The molecule has 5 heteroatoms. The summed E-state index contributed by atoms with van der Waals surface area (Å²) in [6.07, 6.45) is 0. The van der Waals surface area contributed by atoms with Gasteiger partial charge in [-0.05, 0) is 17.0 Å². The Balaban J connectivity index is 2.16. The molecule has 0 bridgehead atoms. The third kappa shape index (κ3) is 3.81. The van der Waals surface area contributed by atoms with Gasteiger partial charge in [0.2, 0.25) is 0 Å². The number of alkyl halides is 1. The van der Waals surface area contributed by atoms with Gasteiger partial charge in [-0.25, -0.2) is 0 Å².